The van der Waals surface area contributed by atoms with E-state index in [1.54, 1.807) is 58.0 Å². The number of anilines is 1. The molecule has 4 rings (SSSR count). The minimum Gasteiger partial charge on any atom is -0.299 e. The summed E-state index contributed by atoms with van der Waals surface area (Å²) in [5.74, 6) is 1.67. The standard InChI is InChI=1S/C19H21N9O2S3/c29-14(12-27-7-1-5-20-27)11-18-25-23-16(32-18)3-9-31-10-4-17-24-26-19(33-17)22-15(30)13-28-8-2-6-21-28/h1-2,5-8H,3-4,9-13H2,(H,22,26,30). The number of nitrogens with zero attached hydrogens (tertiary/aromatic N) is 8. The van der Waals surface area contributed by atoms with Gasteiger partial charge in [-0.15, -0.1) is 31.7 Å². The second-order valence-electron chi connectivity index (χ2n) is 6.87. The molecular formula is C19H21N9O2S3. The van der Waals surface area contributed by atoms with E-state index in [1.165, 1.54) is 22.7 Å². The Hall–Kier alpha value is -2.97. The highest BCUT2D eigenvalue weighted by atomic mass is 32.2. The first-order chi connectivity index (χ1) is 16.1. The van der Waals surface area contributed by atoms with Gasteiger partial charge in [-0.25, -0.2) is 0 Å². The Bertz CT molecular complexity index is 1060. The molecule has 0 aliphatic rings. The van der Waals surface area contributed by atoms with Gasteiger partial charge in [0.15, 0.2) is 5.78 Å². The van der Waals surface area contributed by atoms with E-state index in [0.29, 0.717) is 5.13 Å². The summed E-state index contributed by atoms with van der Waals surface area (Å²) < 4.78 is 3.16. The molecule has 172 valence electrons. The van der Waals surface area contributed by atoms with Crippen LogP contribution in [0.1, 0.15) is 15.0 Å². The van der Waals surface area contributed by atoms with Crippen LogP contribution in [0.2, 0.25) is 0 Å². The Balaban J connectivity index is 1.11. The molecule has 11 nitrogen and oxygen atoms in total. The number of amides is 1. The Morgan fingerprint density at radius 2 is 1.48 bits per heavy atom. The van der Waals surface area contributed by atoms with E-state index in [0.717, 1.165) is 39.4 Å². The van der Waals surface area contributed by atoms with Crippen molar-refractivity contribution in [3.63, 3.8) is 0 Å². The second kappa shape index (κ2) is 11.8. The van der Waals surface area contributed by atoms with Crippen LogP contribution in [0.5, 0.6) is 0 Å². The minimum absolute atomic E-state index is 0.0600. The van der Waals surface area contributed by atoms with Gasteiger partial charge in [-0.05, 0) is 23.6 Å². The van der Waals surface area contributed by atoms with E-state index in [9.17, 15) is 9.59 Å². The first-order valence-electron chi connectivity index (χ1n) is 10.1. The number of carbonyl (C=O) groups is 2. The van der Waals surface area contributed by atoms with E-state index < -0.39 is 0 Å². The highest BCUT2D eigenvalue weighted by Crippen LogP contribution is 2.18. The lowest BCUT2D eigenvalue weighted by Crippen LogP contribution is -2.18. The van der Waals surface area contributed by atoms with Crippen LogP contribution in [0.4, 0.5) is 5.13 Å². The molecule has 33 heavy (non-hydrogen) atoms. The summed E-state index contributed by atoms with van der Waals surface area (Å²) in [4.78, 5) is 24.1. The maximum atomic E-state index is 12.1. The highest BCUT2D eigenvalue weighted by Gasteiger charge is 2.11. The lowest BCUT2D eigenvalue weighted by molar-refractivity contribution is -0.119. The first-order valence-corrected chi connectivity index (χ1v) is 12.9. The van der Waals surface area contributed by atoms with Gasteiger partial charge < -0.3 is 0 Å². The summed E-state index contributed by atoms with van der Waals surface area (Å²) >= 11 is 4.66. The molecule has 0 saturated heterocycles. The average Bonchev–Trinajstić information content (AvgIpc) is 3.57. The van der Waals surface area contributed by atoms with Crippen molar-refractivity contribution in [2.45, 2.75) is 32.4 Å². The molecule has 0 aromatic carbocycles. The van der Waals surface area contributed by atoms with Gasteiger partial charge in [0.1, 0.15) is 21.6 Å². The number of rotatable bonds is 13. The zero-order valence-corrected chi connectivity index (χ0v) is 20.0. The van der Waals surface area contributed by atoms with Crippen molar-refractivity contribution >= 4 is 51.3 Å². The van der Waals surface area contributed by atoms with Crippen LogP contribution in [0.15, 0.2) is 36.9 Å². The van der Waals surface area contributed by atoms with Crippen molar-refractivity contribution in [1.29, 1.82) is 0 Å². The lowest BCUT2D eigenvalue weighted by atomic mass is 10.3. The van der Waals surface area contributed by atoms with Gasteiger partial charge in [-0.3, -0.25) is 24.3 Å². The molecule has 0 fully saturated rings. The molecule has 0 unspecified atom stereocenters. The van der Waals surface area contributed by atoms with Gasteiger partial charge in [-0.1, -0.05) is 11.3 Å². The normalized spacial score (nSPS) is 11.0. The minimum atomic E-state index is -0.185. The fraction of sp³-hybridized carbons (Fsp3) is 0.368. The predicted molar refractivity (Wildman–Crippen MR) is 126 cm³/mol. The molecule has 0 spiro atoms. The Morgan fingerprint density at radius 1 is 0.848 bits per heavy atom. The third-order valence-corrected chi connectivity index (χ3v) is 7.12. The van der Waals surface area contributed by atoms with E-state index in [1.807, 2.05) is 0 Å². The van der Waals surface area contributed by atoms with E-state index in [2.05, 4.69) is 35.9 Å². The number of aryl methyl sites for hydroxylation is 2. The molecule has 0 aliphatic heterocycles. The van der Waals surface area contributed by atoms with Gasteiger partial charge >= 0.3 is 0 Å². The van der Waals surface area contributed by atoms with Crippen LogP contribution in [0, 0.1) is 0 Å². The molecule has 0 bridgehead atoms. The molecular weight excluding hydrogens is 482 g/mol. The van der Waals surface area contributed by atoms with Crippen molar-refractivity contribution in [2.24, 2.45) is 0 Å². The van der Waals surface area contributed by atoms with Crippen molar-refractivity contribution in [3.05, 3.63) is 51.9 Å². The van der Waals surface area contributed by atoms with Crippen molar-refractivity contribution < 1.29 is 9.59 Å². The summed E-state index contributed by atoms with van der Waals surface area (Å²) in [6.07, 6.45) is 8.64. The van der Waals surface area contributed by atoms with Gasteiger partial charge in [0, 0.05) is 37.6 Å². The number of nitrogens with one attached hydrogen (secondary N) is 1. The van der Waals surface area contributed by atoms with Crippen LogP contribution in [-0.2, 0) is 41.9 Å². The van der Waals surface area contributed by atoms with Gasteiger partial charge in [0.2, 0.25) is 11.0 Å². The Kier molecular flexibility index (Phi) is 8.27. The molecule has 4 aromatic heterocycles. The van der Waals surface area contributed by atoms with Crippen LogP contribution < -0.4 is 5.32 Å². The third-order valence-electron chi connectivity index (χ3n) is 4.25. The summed E-state index contributed by atoms with van der Waals surface area (Å²) in [5.41, 5.74) is 0. The number of Topliss-reactive ketones (excluding diaryl/α,β-unsaturated/α-hetero) is 1. The average molecular weight is 504 g/mol. The zero-order chi connectivity index (χ0) is 22.9. The van der Waals surface area contributed by atoms with Crippen LogP contribution in [-0.4, -0.2) is 63.2 Å². The molecule has 0 radical (unpaired) electrons. The summed E-state index contributed by atoms with van der Waals surface area (Å²) in [6.45, 7) is 0.392. The third kappa shape index (κ3) is 7.54. The van der Waals surface area contributed by atoms with E-state index >= 15 is 0 Å². The SMILES string of the molecule is O=C(Cc1nnc(CCSCCc2nnc(NC(=O)Cn3cccn3)s2)s1)Cn1cccn1. The largest absolute Gasteiger partial charge is 0.299 e. The predicted octanol–water partition coefficient (Wildman–Crippen LogP) is 1.75. The highest BCUT2D eigenvalue weighted by molar-refractivity contribution is 7.99. The fourth-order valence-corrected chi connectivity index (χ4v) is 5.55. The quantitative estimate of drug-likeness (QED) is 0.271. The molecule has 4 heterocycles. The number of ketones is 1. The van der Waals surface area contributed by atoms with E-state index in [-0.39, 0.29) is 31.2 Å². The second-order valence-corrected chi connectivity index (χ2v) is 10.3. The summed E-state index contributed by atoms with van der Waals surface area (Å²) in [6, 6.07) is 3.56. The first kappa shape index (κ1) is 23.2. The molecule has 1 amide bonds. The van der Waals surface area contributed by atoms with Gasteiger partial charge in [0.05, 0.1) is 13.0 Å². The molecule has 4 aromatic rings. The topological polar surface area (TPSA) is 133 Å². The van der Waals surface area contributed by atoms with Crippen molar-refractivity contribution in [3.8, 4) is 0 Å². The number of hydrogen-bond donors (Lipinski definition) is 1. The number of thioether (sulfide) groups is 1. The fourth-order valence-electron chi connectivity index (χ4n) is 2.79. The van der Waals surface area contributed by atoms with Gasteiger partial charge in [0.25, 0.3) is 0 Å². The maximum Gasteiger partial charge on any atom is 0.247 e. The molecule has 14 heteroatoms. The molecule has 1 N–H and O–H groups in total. The van der Waals surface area contributed by atoms with Crippen molar-refractivity contribution in [1.82, 2.24) is 40.0 Å². The monoisotopic (exact) mass is 503 g/mol. The molecule has 0 aliphatic carbocycles. The summed E-state index contributed by atoms with van der Waals surface area (Å²) in [7, 11) is 0. The van der Waals surface area contributed by atoms with Gasteiger partial charge in [-0.2, -0.15) is 22.0 Å². The summed E-state index contributed by atoms with van der Waals surface area (Å²) in [5, 5.41) is 30.3. The number of aromatic nitrogens is 8. The van der Waals surface area contributed by atoms with Crippen LogP contribution in [0.3, 0.4) is 0 Å². The lowest BCUT2D eigenvalue weighted by Gasteiger charge is -2.00. The maximum absolute atomic E-state index is 12.1. The number of carbonyl (C=O) groups excluding carboxylic acids is 2. The van der Waals surface area contributed by atoms with Crippen molar-refractivity contribution in [2.75, 3.05) is 16.8 Å². The van der Waals surface area contributed by atoms with E-state index in [4.69, 9.17) is 0 Å². The molecule has 0 atom stereocenters. The van der Waals surface area contributed by atoms with Crippen LogP contribution >= 0.6 is 34.4 Å². The molecule has 0 saturated carbocycles. The van der Waals surface area contributed by atoms with Crippen LogP contribution in [0.25, 0.3) is 0 Å². The number of hydrogen-bond acceptors (Lipinski definition) is 11. The smallest absolute Gasteiger partial charge is 0.247 e. The Labute approximate surface area is 201 Å². The zero-order valence-electron chi connectivity index (χ0n) is 17.5. The Morgan fingerprint density at radius 3 is 2.18 bits per heavy atom.